The molecule has 0 spiro atoms. The van der Waals surface area contributed by atoms with Crippen molar-refractivity contribution in [3.63, 3.8) is 0 Å². The smallest absolute Gasteiger partial charge is 0.315 e. The summed E-state index contributed by atoms with van der Waals surface area (Å²) in [6.07, 6.45) is 2.84. The van der Waals surface area contributed by atoms with Crippen molar-refractivity contribution < 1.29 is 14.4 Å². The summed E-state index contributed by atoms with van der Waals surface area (Å²) in [5, 5.41) is 5.30. The third-order valence-electron chi connectivity index (χ3n) is 4.91. The normalized spacial score (nSPS) is 22.6. The van der Waals surface area contributed by atoms with E-state index in [1.165, 1.54) is 11.3 Å². The van der Waals surface area contributed by atoms with Gasteiger partial charge >= 0.3 is 6.03 Å². The van der Waals surface area contributed by atoms with Crippen LogP contribution in [0.2, 0.25) is 0 Å². The van der Waals surface area contributed by atoms with E-state index >= 15 is 0 Å². The van der Waals surface area contributed by atoms with Gasteiger partial charge in [-0.25, -0.2) is 4.79 Å². The molecule has 0 aromatic carbocycles. The lowest BCUT2D eigenvalue weighted by Crippen LogP contribution is -2.57. The highest BCUT2D eigenvalue weighted by Crippen LogP contribution is 2.45. The van der Waals surface area contributed by atoms with Gasteiger partial charge in [-0.15, -0.1) is 6.58 Å². The van der Waals surface area contributed by atoms with Gasteiger partial charge in [-0.1, -0.05) is 26.8 Å². The fourth-order valence-electron chi connectivity index (χ4n) is 3.18. The molecule has 0 aromatic rings. The molecule has 25 heavy (non-hydrogen) atoms. The Morgan fingerprint density at radius 3 is 2.40 bits per heavy atom. The van der Waals surface area contributed by atoms with E-state index in [0.29, 0.717) is 18.4 Å². The van der Waals surface area contributed by atoms with Crippen molar-refractivity contribution in [2.75, 3.05) is 33.2 Å². The maximum Gasteiger partial charge on any atom is 0.315 e. The van der Waals surface area contributed by atoms with E-state index < -0.39 is 17.5 Å². The second kappa shape index (κ2) is 7.45. The topological polar surface area (TPSA) is 81.8 Å². The van der Waals surface area contributed by atoms with Gasteiger partial charge in [0.05, 0.1) is 6.54 Å². The summed E-state index contributed by atoms with van der Waals surface area (Å²) in [5.41, 5.74) is -0.412. The third-order valence-corrected chi connectivity index (χ3v) is 4.91. The maximum absolute atomic E-state index is 12.8. The molecule has 2 fully saturated rings. The number of fused-ring (bicyclic) bond motifs is 1. The molecule has 2 aliphatic rings. The Balaban J connectivity index is 1.88. The van der Waals surface area contributed by atoms with Crippen molar-refractivity contribution >= 4 is 17.8 Å². The third kappa shape index (κ3) is 4.96. The maximum atomic E-state index is 12.8. The van der Waals surface area contributed by atoms with Crippen LogP contribution in [0.1, 0.15) is 27.2 Å². The van der Waals surface area contributed by atoms with E-state index in [1.807, 2.05) is 25.7 Å². The Bertz CT molecular complexity index is 545. The van der Waals surface area contributed by atoms with Crippen LogP contribution in [0.4, 0.5) is 4.79 Å². The number of hydrogen-bond acceptors (Lipinski definition) is 3. The number of rotatable bonds is 6. The number of likely N-dealkylation sites (N-methyl/N-ethyl adjacent to an activating group) is 1. The zero-order valence-electron chi connectivity index (χ0n) is 15.7. The SMILES string of the molecule is C=CCN(C)C(=O)CNC(=O)NC(C(=O)N1CC2C[C@@H]2C1)C(C)(C)C. The number of hydrogen-bond donors (Lipinski definition) is 2. The van der Waals surface area contributed by atoms with Gasteiger partial charge in [0.25, 0.3) is 0 Å². The Labute approximate surface area is 149 Å². The van der Waals surface area contributed by atoms with Crippen LogP contribution < -0.4 is 10.6 Å². The average Bonchev–Trinajstić information content (AvgIpc) is 3.14. The standard InChI is InChI=1S/C18H30N4O3/c1-6-7-21(5)14(23)9-19-17(25)20-15(18(2,3)4)16(24)22-10-12-8-13(12)11-22/h6,12-13,15H,1,7-11H2,2-5H3,(H2,19,20,25)/t12-,13?,15?/m1/s1. The molecule has 1 aliphatic carbocycles. The van der Waals surface area contributed by atoms with Crippen molar-refractivity contribution in [3.8, 4) is 0 Å². The molecule has 2 rings (SSSR count). The highest BCUT2D eigenvalue weighted by atomic mass is 16.2. The number of carbonyl (C=O) groups is 3. The number of piperidine rings is 1. The molecule has 140 valence electrons. The molecular formula is C18H30N4O3. The molecule has 7 heteroatoms. The predicted molar refractivity (Wildman–Crippen MR) is 95.8 cm³/mol. The lowest BCUT2D eigenvalue weighted by Gasteiger charge is -2.34. The molecule has 1 saturated heterocycles. The Hall–Kier alpha value is -2.05. The molecule has 4 amide bonds. The van der Waals surface area contributed by atoms with Gasteiger partial charge in [-0.3, -0.25) is 9.59 Å². The van der Waals surface area contributed by atoms with Crippen molar-refractivity contribution in [1.29, 1.82) is 0 Å². The minimum atomic E-state index is -0.619. The molecule has 0 aromatic heterocycles. The molecular weight excluding hydrogens is 320 g/mol. The second-order valence-electron chi connectivity index (χ2n) is 8.19. The van der Waals surface area contributed by atoms with E-state index in [2.05, 4.69) is 17.2 Å². The zero-order chi connectivity index (χ0) is 18.8. The van der Waals surface area contributed by atoms with Crippen LogP contribution in [-0.2, 0) is 9.59 Å². The summed E-state index contributed by atoms with van der Waals surface area (Å²) in [5.74, 6) is 1.05. The second-order valence-corrected chi connectivity index (χ2v) is 8.19. The predicted octanol–water partition coefficient (Wildman–Crippen LogP) is 0.823. The van der Waals surface area contributed by atoms with Crippen molar-refractivity contribution in [3.05, 3.63) is 12.7 Å². The lowest BCUT2D eigenvalue weighted by atomic mass is 9.86. The summed E-state index contributed by atoms with van der Waals surface area (Å²) in [6, 6.07) is -1.12. The van der Waals surface area contributed by atoms with Crippen LogP contribution in [0, 0.1) is 17.3 Å². The molecule has 0 radical (unpaired) electrons. The van der Waals surface area contributed by atoms with Gasteiger partial charge < -0.3 is 20.4 Å². The van der Waals surface area contributed by atoms with Crippen LogP contribution in [-0.4, -0.2) is 66.9 Å². The number of urea groups is 1. The Kier molecular flexibility index (Phi) is 5.75. The largest absolute Gasteiger partial charge is 0.341 e. The minimum Gasteiger partial charge on any atom is -0.341 e. The van der Waals surface area contributed by atoms with E-state index in [9.17, 15) is 14.4 Å². The van der Waals surface area contributed by atoms with Crippen LogP contribution in [0.5, 0.6) is 0 Å². The van der Waals surface area contributed by atoms with E-state index in [-0.39, 0.29) is 18.4 Å². The summed E-state index contributed by atoms with van der Waals surface area (Å²) in [4.78, 5) is 40.2. The molecule has 2 unspecified atom stereocenters. The van der Waals surface area contributed by atoms with Crippen molar-refractivity contribution in [2.24, 2.45) is 17.3 Å². The molecule has 3 atom stereocenters. The summed E-state index contributed by atoms with van der Waals surface area (Å²) in [7, 11) is 1.64. The first-order valence-corrected chi connectivity index (χ1v) is 8.81. The van der Waals surface area contributed by atoms with Gasteiger partial charge in [0, 0.05) is 26.7 Å². The highest BCUT2D eigenvalue weighted by molar-refractivity contribution is 5.89. The molecule has 0 bridgehead atoms. The molecule has 2 N–H and O–H groups in total. The lowest BCUT2D eigenvalue weighted by molar-refractivity contribution is -0.135. The molecule has 1 saturated carbocycles. The van der Waals surface area contributed by atoms with E-state index in [4.69, 9.17) is 0 Å². The van der Waals surface area contributed by atoms with Gasteiger partial charge in [-0.2, -0.15) is 0 Å². The minimum absolute atomic E-state index is 0.0371. The van der Waals surface area contributed by atoms with Crippen LogP contribution >= 0.6 is 0 Å². The fourth-order valence-corrected chi connectivity index (χ4v) is 3.18. The highest BCUT2D eigenvalue weighted by Gasteiger charge is 2.48. The van der Waals surface area contributed by atoms with Crippen LogP contribution in [0.3, 0.4) is 0 Å². The van der Waals surface area contributed by atoms with Gasteiger partial charge in [0.2, 0.25) is 11.8 Å². The van der Waals surface area contributed by atoms with Crippen LogP contribution in [0.15, 0.2) is 12.7 Å². The molecule has 1 aliphatic heterocycles. The number of nitrogens with one attached hydrogen (secondary N) is 2. The fraction of sp³-hybridized carbons (Fsp3) is 0.722. The number of carbonyl (C=O) groups excluding carboxylic acids is 3. The van der Waals surface area contributed by atoms with Crippen molar-refractivity contribution in [2.45, 2.75) is 33.2 Å². The van der Waals surface area contributed by atoms with Gasteiger partial charge in [0.15, 0.2) is 0 Å². The Morgan fingerprint density at radius 1 is 1.28 bits per heavy atom. The number of likely N-dealkylation sites (tertiary alicyclic amines) is 1. The monoisotopic (exact) mass is 350 g/mol. The average molecular weight is 350 g/mol. The summed E-state index contributed by atoms with van der Waals surface area (Å²) in [6.45, 7) is 11.2. The van der Waals surface area contributed by atoms with Gasteiger partial charge in [-0.05, 0) is 23.7 Å². The van der Waals surface area contributed by atoms with Crippen LogP contribution in [0.25, 0.3) is 0 Å². The summed E-state index contributed by atoms with van der Waals surface area (Å²) < 4.78 is 0. The molecule has 7 nitrogen and oxygen atoms in total. The number of amides is 4. The van der Waals surface area contributed by atoms with Crippen molar-refractivity contribution in [1.82, 2.24) is 20.4 Å². The van der Waals surface area contributed by atoms with E-state index in [0.717, 1.165) is 13.1 Å². The first-order valence-electron chi connectivity index (χ1n) is 8.81. The van der Waals surface area contributed by atoms with E-state index in [1.54, 1.807) is 13.1 Å². The quantitative estimate of drug-likeness (QED) is 0.696. The number of nitrogens with zero attached hydrogens (tertiary/aromatic N) is 2. The molecule has 1 heterocycles. The van der Waals surface area contributed by atoms with Gasteiger partial charge in [0.1, 0.15) is 6.04 Å². The summed E-state index contributed by atoms with van der Waals surface area (Å²) >= 11 is 0. The first-order chi connectivity index (χ1) is 11.6. The Morgan fingerprint density at radius 2 is 1.88 bits per heavy atom. The zero-order valence-corrected chi connectivity index (χ0v) is 15.7. The first kappa shape index (κ1) is 19.3.